The van der Waals surface area contributed by atoms with E-state index in [1.54, 1.807) is 7.05 Å². The third-order valence-electron chi connectivity index (χ3n) is 6.64. The maximum absolute atomic E-state index is 13.9. The summed E-state index contributed by atoms with van der Waals surface area (Å²) in [6, 6.07) is 5.36. The largest absolute Gasteiger partial charge is 0.416 e. The second-order valence-electron chi connectivity index (χ2n) is 9.55. The molecule has 1 aliphatic heterocycles. The van der Waals surface area contributed by atoms with Gasteiger partial charge < -0.3 is 16.0 Å². The minimum atomic E-state index is -4.57. The highest BCUT2D eigenvalue weighted by molar-refractivity contribution is 6.04. The van der Waals surface area contributed by atoms with Crippen LogP contribution in [-0.4, -0.2) is 73.7 Å². The number of piperazine rings is 1. The first kappa shape index (κ1) is 27.0. The molecular formula is C27H26F3N9O. The van der Waals surface area contributed by atoms with E-state index in [9.17, 15) is 18.0 Å². The van der Waals surface area contributed by atoms with E-state index in [0.29, 0.717) is 35.4 Å². The highest BCUT2D eigenvalue weighted by Gasteiger charge is 2.34. The van der Waals surface area contributed by atoms with E-state index in [0.717, 1.165) is 19.2 Å². The molecule has 4 heterocycles. The molecule has 13 heteroatoms. The summed E-state index contributed by atoms with van der Waals surface area (Å²) in [5.74, 6) is 5.42. The minimum Gasteiger partial charge on any atom is -0.383 e. The van der Waals surface area contributed by atoms with E-state index < -0.39 is 17.6 Å². The van der Waals surface area contributed by atoms with Crippen molar-refractivity contribution in [1.29, 1.82) is 0 Å². The summed E-state index contributed by atoms with van der Waals surface area (Å²) in [7, 11) is 3.69. The van der Waals surface area contributed by atoms with E-state index in [1.165, 1.54) is 41.6 Å². The molecule has 1 fully saturated rings. The van der Waals surface area contributed by atoms with Gasteiger partial charge in [-0.25, -0.2) is 14.6 Å². The van der Waals surface area contributed by atoms with Crippen molar-refractivity contribution < 1.29 is 18.0 Å². The minimum absolute atomic E-state index is 0.0337. The van der Waals surface area contributed by atoms with Crippen LogP contribution in [-0.2, 0) is 19.8 Å². The number of nitrogen functional groups attached to an aromatic ring is 1. The maximum atomic E-state index is 13.9. The van der Waals surface area contributed by atoms with Gasteiger partial charge >= 0.3 is 6.18 Å². The van der Waals surface area contributed by atoms with Crippen molar-refractivity contribution in [2.75, 3.05) is 44.3 Å². The van der Waals surface area contributed by atoms with Crippen LogP contribution in [0.15, 0.2) is 43.0 Å². The molecular weight excluding hydrogens is 523 g/mol. The molecule has 1 amide bonds. The Morgan fingerprint density at radius 1 is 1.07 bits per heavy atom. The lowest BCUT2D eigenvalue weighted by atomic mass is 10.0. The molecule has 0 bridgehead atoms. The number of nitrogens with one attached hydrogen (secondary N) is 1. The molecule has 0 saturated carbocycles. The number of likely N-dealkylation sites (N-methyl/N-ethyl adjacent to an activating group) is 1. The first-order valence-corrected chi connectivity index (χ1v) is 12.4. The molecule has 0 unspecified atom stereocenters. The lowest BCUT2D eigenvalue weighted by Gasteiger charge is -2.33. The topological polar surface area (TPSA) is 118 Å². The number of halogens is 3. The number of hydrogen-bond donors (Lipinski definition) is 2. The number of nitrogens with two attached hydrogens (primary N) is 1. The summed E-state index contributed by atoms with van der Waals surface area (Å²) in [5.41, 5.74) is 6.82. The quantitative estimate of drug-likeness (QED) is 0.373. The Balaban J connectivity index is 1.34. The van der Waals surface area contributed by atoms with Crippen LogP contribution in [0, 0.1) is 11.8 Å². The smallest absolute Gasteiger partial charge is 0.383 e. The number of amides is 1. The Labute approximate surface area is 228 Å². The zero-order valence-corrected chi connectivity index (χ0v) is 21.8. The maximum Gasteiger partial charge on any atom is 0.416 e. The van der Waals surface area contributed by atoms with E-state index in [-0.39, 0.29) is 29.2 Å². The van der Waals surface area contributed by atoms with Gasteiger partial charge in [-0.3, -0.25) is 14.7 Å². The fraction of sp³-hybridized carbons (Fsp3) is 0.296. The third kappa shape index (κ3) is 5.88. The van der Waals surface area contributed by atoms with E-state index in [2.05, 4.69) is 42.1 Å². The number of benzene rings is 1. The first-order chi connectivity index (χ1) is 19.1. The number of aromatic nitrogens is 5. The van der Waals surface area contributed by atoms with Gasteiger partial charge in [0.1, 0.15) is 17.8 Å². The van der Waals surface area contributed by atoms with E-state index >= 15 is 0 Å². The number of carbonyl (C=O) groups is 1. The fourth-order valence-electron chi connectivity index (χ4n) is 4.47. The van der Waals surface area contributed by atoms with E-state index in [1.807, 2.05) is 11.9 Å². The van der Waals surface area contributed by atoms with Crippen LogP contribution in [0.3, 0.4) is 0 Å². The Bertz CT molecular complexity index is 1630. The van der Waals surface area contributed by atoms with Crippen molar-refractivity contribution >= 4 is 28.4 Å². The predicted molar refractivity (Wildman–Crippen MR) is 143 cm³/mol. The van der Waals surface area contributed by atoms with Gasteiger partial charge in [0.05, 0.1) is 16.5 Å². The summed E-state index contributed by atoms with van der Waals surface area (Å²) in [6.45, 7) is 3.17. The summed E-state index contributed by atoms with van der Waals surface area (Å²) in [4.78, 5) is 29.2. The van der Waals surface area contributed by atoms with Crippen molar-refractivity contribution in [3.8, 4) is 11.8 Å². The van der Waals surface area contributed by atoms with Crippen LogP contribution < -0.4 is 11.1 Å². The lowest BCUT2D eigenvalue weighted by molar-refractivity contribution is -0.138. The highest BCUT2D eigenvalue weighted by Crippen LogP contribution is 2.34. The molecule has 0 radical (unpaired) electrons. The Morgan fingerprint density at radius 2 is 1.85 bits per heavy atom. The molecule has 4 aromatic rings. The molecule has 1 saturated heterocycles. The average molecular weight is 550 g/mol. The number of rotatable bonds is 4. The Kier molecular flexibility index (Phi) is 7.38. The summed E-state index contributed by atoms with van der Waals surface area (Å²) in [6.07, 6.45) is -0.455. The summed E-state index contributed by atoms with van der Waals surface area (Å²) >= 11 is 0. The SMILES string of the molecule is CN1CCN(Cc2ccc(NC(=O)c3cncc(C#Cc4nn(C)c5ncnc(N)c45)c3)cc2C(F)(F)F)CC1. The van der Waals surface area contributed by atoms with Gasteiger partial charge in [-0.1, -0.05) is 12.0 Å². The number of nitrogens with zero attached hydrogens (tertiary/aromatic N) is 7. The molecule has 0 spiro atoms. The number of fused-ring (bicyclic) bond motifs is 1. The number of hydrogen-bond acceptors (Lipinski definition) is 8. The number of aryl methyl sites for hydroxylation is 1. The molecule has 3 aromatic heterocycles. The van der Waals surface area contributed by atoms with Crippen molar-refractivity contribution in [3.05, 3.63) is 70.9 Å². The van der Waals surface area contributed by atoms with Crippen molar-refractivity contribution in [2.24, 2.45) is 7.05 Å². The van der Waals surface area contributed by atoms with E-state index in [4.69, 9.17) is 5.73 Å². The zero-order valence-electron chi connectivity index (χ0n) is 21.8. The van der Waals surface area contributed by atoms with Gasteiger partial charge in [0, 0.05) is 63.4 Å². The third-order valence-corrected chi connectivity index (χ3v) is 6.64. The first-order valence-electron chi connectivity index (χ1n) is 12.4. The molecule has 5 rings (SSSR count). The van der Waals surface area contributed by atoms with Gasteiger partial charge in [-0.2, -0.15) is 18.3 Å². The van der Waals surface area contributed by atoms with Crippen LogP contribution in [0.25, 0.3) is 11.0 Å². The van der Waals surface area contributed by atoms with Gasteiger partial charge in [0.25, 0.3) is 5.91 Å². The average Bonchev–Trinajstić information content (AvgIpc) is 3.25. The number of anilines is 2. The number of pyridine rings is 1. The molecule has 0 atom stereocenters. The Hall–Kier alpha value is -4.54. The Morgan fingerprint density at radius 3 is 2.60 bits per heavy atom. The molecule has 1 aromatic carbocycles. The molecule has 3 N–H and O–H groups in total. The number of alkyl halides is 3. The molecule has 0 aliphatic carbocycles. The molecule has 206 valence electrons. The van der Waals surface area contributed by atoms with Crippen molar-refractivity contribution in [2.45, 2.75) is 12.7 Å². The second-order valence-corrected chi connectivity index (χ2v) is 9.55. The predicted octanol–water partition coefficient (Wildman–Crippen LogP) is 2.76. The van der Waals surface area contributed by atoms with Gasteiger partial charge in [-0.15, -0.1) is 0 Å². The van der Waals surface area contributed by atoms with Crippen LogP contribution in [0.2, 0.25) is 0 Å². The molecule has 10 nitrogen and oxygen atoms in total. The fourth-order valence-corrected chi connectivity index (χ4v) is 4.47. The van der Waals surface area contributed by atoms with Crippen LogP contribution in [0.1, 0.15) is 32.7 Å². The zero-order chi connectivity index (χ0) is 28.4. The number of carbonyl (C=O) groups excluding carboxylic acids is 1. The van der Waals surface area contributed by atoms with Crippen molar-refractivity contribution in [3.63, 3.8) is 0 Å². The highest BCUT2D eigenvalue weighted by atomic mass is 19.4. The molecule has 1 aliphatic rings. The summed E-state index contributed by atoms with van der Waals surface area (Å²) in [5, 5.41) is 7.38. The van der Waals surface area contributed by atoms with Gasteiger partial charge in [0.15, 0.2) is 5.65 Å². The van der Waals surface area contributed by atoms with Crippen LogP contribution in [0.4, 0.5) is 24.7 Å². The monoisotopic (exact) mass is 549 g/mol. The normalized spacial score (nSPS) is 14.6. The van der Waals surface area contributed by atoms with Crippen LogP contribution in [0.5, 0.6) is 0 Å². The van der Waals surface area contributed by atoms with Crippen LogP contribution >= 0.6 is 0 Å². The van der Waals surface area contributed by atoms with Crippen molar-refractivity contribution in [1.82, 2.24) is 34.5 Å². The van der Waals surface area contributed by atoms with Gasteiger partial charge in [-0.05, 0) is 36.7 Å². The second kappa shape index (κ2) is 10.9. The van der Waals surface area contributed by atoms with Gasteiger partial charge in [0.2, 0.25) is 0 Å². The molecule has 40 heavy (non-hydrogen) atoms. The summed E-state index contributed by atoms with van der Waals surface area (Å²) < 4.78 is 43.3. The standard InChI is InChI=1S/C27H26F3N9O/c1-37-7-9-39(10-8-37)15-18-4-5-20(12-21(18)27(28,29)30)35-26(40)19-11-17(13-32-14-19)3-6-22-23-24(31)33-16-34-25(23)38(2)36-22/h4-5,11-14,16H,7-10,15H2,1-2H3,(H,35,40)(H2,31,33,34). The lowest BCUT2D eigenvalue weighted by Crippen LogP contribution is -2.44.